The zero-order chi connectivity index (χ0) is 14.4. The summed E-state index contributed by atoms with van der Waals surface area (Å²) in [5.41, 5.74) is 0. The number of ketones is 1. The summed E-state index contributed by atoms with van der Waals surface area (Å²) in [6.07, 6.45) is 2.07. The third-order valence-electron chi connectivity index (χ3n) is 3.49. The van der Waals surface area contributed by atoms with Crippen molar-refractivity contribution in [3.8, 4) is 0 Å². The van der Waals surface area contributed by atoms with Crippen LogP contribution in [-0.2, 0) is 19.1 Å². The first-order valence-electron chi connectivity index (χ1n) is 6.97. The van der Waals surface area contributed by atoms with Gasteiger partial charge in [0.1, 0.15) is 11.9 Å². The van der Waals surface area contributed by atoms with E-state index in [0.29, 0.717) is 19.4 Å². The minimum absolute atomic E-state index is 0.0156. The second kappa shape index (κ2) is 7.26. The Labute approximate surface area is 114 Å². The van der Waals surface area contributed by atoms with Gasteiger partial charge >= 0.3 is 5.97 Å². The number of rotatable bonds is 6. The van der Waals surface area contributed by atoms with Crippen molar-refractivity contribution in [3.05, 3.63) is 0 Å². The highest BCUT2D eigenvalue weighted by Gasteiger charge is 2.37. The highest BCUT2D eigenvalue weighted by molar-refractivity contribution is 5.81. The van der Waals surface area contributed by atoms with E-state index in [2.05, 4.69) is 0 Å². The van der Waals surface area contributed by atoms with E-state index < -0.39 is 0 Å². The summed E-state index contributed by atoms with van der Waals surface area (Å²) < 4.78 is 5.41. The minimum Gasteiger partial charge on any atom is -0.460 e. The molecule has 0 aromatic heterocycles. The minimum atomic E-state index is -0.343. The highest BCUT2D eigenvalue weighted by Crippen LogP contribution is 2.24. The number of hydrogen-bond donors (Lipinski definition) is 0. The number of esters is 1. The normalized spacial score (nSPS) is 22.4. The van der Waals surface area contributed by atoms with Gasteiger partial charge in [-0.3, -0.25) is 9.59 Å². The number of hydrogen-bond acceptors (Lipinski definition) is 4. The van der Waals surface area contributed by atoms with Gasteiger partial charge in [-0.25, -0.2) is 0 Å². The molecule has 0 spiro atoms. The van der Waals surface area contributed by atoms with E-state index >= 15 is 0 Å². The fraction of sp³-hybridized carbons (Fsp3) is 0.786. The Bertz CT molecular complexity index is 353. The van der Waals surface area contributed by atoms with E-state index in [9.17, 15) is 14.4 Å². The van der Waals surface area contributed by atoms with Gasteiger partial charge in [-0.2, -0.15) is 0 Å². The van der Waals surface area contributed by atoms with Gasteiger partial charge in [0.25, 0.3) is 0 Å². The maximum atomic E-state index is 11.8. The molecule has 108 valence electrons. The lowest BCUT2D eigenvalue weighted by atomic mass is 10.1. The van der Waals surface area contributed by atoms with Gasteiger partial charge in [-0.1, -0.05) is 13.8 Å². The van der Waals surface area contributed by atoms with Crippen LogP contribution in [0.3, 0.4) is 0 Å². The van der Waals surface area contributed by atoms with Crippen LogP contribution >= 0.6 is 0 Å². The van der Waals surface area contributed by atoms with E-state index in [4.69, 9.17) is 4.74 Å². The first-order chi connectivity index (χ1) is 8.99. The molecule has 19 heavy (non-hydrogen) atoms. The van der Waals surface area contributed by atoms with E-state index in [-0.39, 0.29) is 42.6 Å². The number of carbonyl (C=O) groups is 3. The number of ether oxygens (including phenoxy) is 1. The Morgan fingerprint density at radius 1 is 1.21 bits per heavy atom. The predicted molar refractivity (Wildman–Crippen MR) is 70.5 cm³/mol. The van der Waals surface area contributed by atoms with Crippen LogP contribution < -0.4 is 0 Å². The molecule has 5 nitrogen and oxygen atoms in total. The van der Waals surface area contributed by atoms with Crippen LogP contribution in [0, 0.1) is 0 Å². The van der Waals surface area contributed by atoms with Crippen molar-refractivity contribution in [2.75, 3.05) is 6.54 Å². The molecule has 1 amide bonds. The molecule has 2 atom stereocenters. The van der Waals surface area contributed by atoms with Crippen LogP contribution in [0.2, 0.25) is 0 Å². The Morgan fingerprint density at radius 2 is 1.89 bits per heavy atom. The van der Waals surface area contributed by atoms with Crippen LogP contribution in [-0.4, -0.2) is 41.3 Å². The Morgan fingerprint density at radius 3 is 2.42 bits per heavy atom. The molecule has 0 aromatic carbocycles. The summed E-state index contributed by atoms with van der Waals surface area (Å²) in [5.74, 6) is -0.253. The standard InChI is InChI=1S/C14H23NO4/c1-4-11-12(8-9-15(11)13(17)5-2)19-14(18)7-6-10(3)16/h11-12H,4-9H2,1-3H3/t11-,12+/m0/s1. The molecule has 5 heteroatoms. The van der Waals surface area contributed by atoms with Crippen molar-refractivity contribution in [2.45, 2.75) is 65.0 Å². The van der Waals surface area contributed by atoms with Crippen molar-refractivity contribution in [1.82, 2.24) is 4.90 Å². The average molecular weight is 269 g/mol. The third kappa shape index (κ3) is 4.33. The topological polar surface area (TPSA) is 63.7 Å². The molecular formula is C14H23NO4. The second-order valence-electron chi connectivity index (χ2n) is 4.94. The van der Waals surface area contributed by atoms with E-state index in [1.54, 1.807) is 0 Å². The smallest absolute Gasteiger partial charge is 0.306 e. The first kappa shape index (κ1) is 15.7. The quantitative estimate of drug-likeness (QED) is 0.688. The molecule has 0 unspecified atom stereocenters. The molecule has 0 N–H and O–H groups in total. The number of amides is 1. The summed E-state index contributed by atoms with van der Waals surface area (Å²) in [7, 11) is 0. The van der Waals surface area contributed by atoms with Gasteiger partial charge in [0.05, 0.1) is 12.5 Å². The van der Waals surface area contributed by atoms with Gasteiger partial charge in [0.2, 0.25) is 5.91 Å². The average Bonchev–Trinajstić information content (AvgIpc) is 2.78. The Balaban J connectivity index is 2.52. The van der Waals surface area contributed by atoms with Crippen LogP contribution in [0.15, 0.2) is 0 Å². The fourth-order valence-electron chi connectivity index (χ4n) is 2.46. The summed E-state index contributed by atoms with van der Waals surface area (Å²) in [4.78, 5) is 36.0. The van der Waals surface area contributed by atoms with Crippen LogP contribution in [0.1, 0.15) is 52.9 Å². The second-order valence-corrected chi connectivity index (χ2v) is 4.94. The van der Waals surface area contributed by atoms with E-state index in [0.717, 1.165) is 6.42 Å². The van der Waals surface area contributed by atoms with Crippen LogP contribution in [0.5, 0.6) is 0 Å². The Hall–Kier alpha value is -1.39. The molecule has 0 radical (unpaired) electrons. The molecule has 1 fully saturated rings. The van der Waals surface area contributed by atoms with Crippen molar-refractivity contribution in [3.63, 3.8) is 0 Å². The molecule has 1 saturated heterocycles. The van der Waals surface area contributed by atoms with E-state index in [1.165, 1.54) is 6.92 Å². The lowest BCUT2D eigenvalue weighted by Gasteiger charge is -2.26. The predicted octanol–water partition coefficient (Wildman–Crippen LogP) is 1.69. The third-order valence-corrected chi connectivity index (χ3v) is 3.49. The largest absolute Gasteiger partial charge is 0.460 e. The van der Waals surface area contributed by atoms with Gasteiger partial charge in [-0.15, -0.1) is 0 Å². The molecule has 0 aromatic rings. The van der Waals surface area contributed by atoms with Gasteiger partial charge in [0.15, 0.2) is 0 Å². The van der Waals surface area contributed by atoms with Crippen molar-refractivity contribution < 1.29 is 19.1 Å². The summed E-state index contributed by atoms with van der Waals surface area (Å²) in [5, 5.41) is 0. The summed E-state index contributed by atoms with van der Waals surface area (Å²) >= 11 is 0. The molecule has 0 saturated carbocycles. The monoisotopic (exact) mass is 269 g/mol. The molecule has 1 heterocycles. The lowest BCUT2D eigenvalue weighted by Crippen LogP contribution is -2.40. The van der Waals surface area contributed by atoms with Crippen molar-refractivity contribution in [2.24, 2.45) is 0 Å². The summed E-state index contributed by atoms with van der Waals surface area (Å²) in [6, 6.07) is -0.0197. The molecule has 1 aliphatic heterocycles. The molecular weight excluding hydrogens is 246 g/mol. The van der Waals surface area contributed by atoms with Gasteiger partial charge in [-0.05, 0) is 13.3 Å². The fourth-order valence-corrected chi connectivity index (χ4v) is 2.46. The molecule has 1 rings (SSSR count). The molecule has 1 aliphatic rings. The number of Topliss-reactive ketones (excluding diaryl/α,β-unsaturated/α-hetero) is 1. The highest BCUT2D eigenvalue weighted by atomic mass is 16.5. The lowest BCUT2D eigenvalue weighted by molar-refractivity contribution is -0.152. The van der Waals surface area contributed by atoms with Crippen molar-refractivity contribution in [1.29, 1.82) is 0 Å². The van der Waals surface area contributed by atoms with Crippen LogP contribution in [0.4, 0.5) is 0 Å². The Kier molecular flexibility index (Phi) is 5.99. The number of carbonyl (C=O) groups excluding carboxylic acids is 3. The van der Waals surface area contributed by atoms with E-state index in [1.807, 2.05) is 18.7 Å². The SMILES string of the molecule is CCC(=O)N1CC[C@@H](OC(=O)CCC(C)=O)[C@@H]1CC. The molecule has 0 bridgehead atoms. The zero-order valence-electron chi connectivity index (χ0n) is 12.0. The number of likely N-dealkylation sites (tertiary alicyclic amines) is 1. The zero-order valence-corrected chi connectivity index (χ0v) is 12.0. The maximum absolute atomic E-state index is 11.8. The molecule has 0 aliphatic carbocycles. The van der Waals surface area contributed by atoms with Crippen LogP contribution in [0.25, 0.3) is 0 Å². The van der Waals surface area contributed by atoms with Gasteiger partial charge in [0, 0.05) is 25.8 Å². The van der Waals surface area contributed by atoms with Crippen molar-refractivity contribution >= 4 is 17.7 Å². The maximum Gasteiger partial charge on any atom is 0.306 e. The summed E-state index contributed by atoms with van der Waals surface area (Å²) in [6.45, 7) is 5.93. The van der Waals surface area contributed by atoms with Gasteiger partial charge < -0.3 is 14.4 Å². The number of nitrogens with zero attached hydrogens (tertiary/aromatic N) is 1. The first-order valence-corrected chi connectivity index (χ1v) is 6.97.